The molecule has 0 radical (unpaired) electrons. The highest BCUT2D eigenvalue weighted by Crippen LogP contribution is 2.30. The monoisotopic (exact) mass is 217 g/mol. The summed E-state index contributed by atoms with van der Waals surface area (Å²) in [5.74, 6) is 1.26. The first-order chi connectivity index (χ1) is 6.86. The van der Waals surface area contributed by atoms with E-state index in [0.717, 1.165) is 24.4 Å². The van der Waals surface area contributed by atoms with Crippen molar-refractivity contribution in [2.75, 3.05) is 26.0 Å². The Kier molecular flexibility index (Phi) is 6.65. The predicted octanol–water partition coefficient (Wildman–Crippen LogP) is 2.29. The van der Waals surface area contributed by atoms with E-state index in [1.807, 2.05) is 0 Å². The normalized spacial score (nSPS) is 27.0. The van der Waals surface area contributed by atoms with Crippen LogP contribution in [0.4, 0.5) is 0 Å². The van der Waals surface area contributed by atoms with Crippen LogP contribution in [-0.4, -0.2) is 37.3 Å². The Balaban J connectivity index is 1.98. The van der Waals surface area contributed by atoms with E-state index in [2.05, 4.69) is 24.0 Å². The standard InChI is InChI=1S/C11H23NOS/c1-3-12-10-5-6-11(9-10)14-8-4-7-13-2/h10-12H,3-9H2,1-2H3. The average Bonchev–Trinajstić information content (AvgIpc) is 2.61. The van der Waals surface area contributed by atoms with E-state index < -0.39 is 0 Å². The summed E-state index contributed by atoms with van der Waals surface area (Å²) in [6.07, 6.45) is 5.33. The Labute approximate surface area is 92.2 Å². The van der Waals surface area contributed by atoms with Crippen molar-refractivity contribution in [2.45, 2.75) is 43.9 Å². The minimum atomic E-state index is 0.792. The Morgan fingerprint density at radius 3 is 3.00 bits per heavy atom. The largest absolute Gasteiger partial charge is 0.385 e. The van der Waals surface area contributed by atoms with Gasteiger partial charge in [-0.2, -0.15) is 11.8 Å². The van der Waals surface area contributed by atoms with Gasteiger partial charge in [0, 0.05) is 25.0 Å². The summed E-state index contributed by atoms with van der Waals surface area (Å²) in [7, 11) is 1.78. The SMILES string of the molecule is CCNC1CCC(SCCCOC)C1. The maximum Gasteiger partial charge on any atom is 0.0470 e. The van der Waals surface area contributed by atoms with Gasteiger partial charge < -0.3 is 10.1 Å². The molecule has 1 aliphatic carbocycles. The highest BCUT2D eigenvalue weighted by molar-refractivity contribution is 7.99. The fourth-order valence-corrected chi connectivity index (χ4v) is 3.31. The molecule has 0 aromatic heterocycles. The third-order valence-electron chi connectivity index (χ3n) is 2.72. The number of methoxy groups -OCH3 is 1. The van der Waals surface area contributed by atoms with Crippen LogP contribution in [0.1, 0.15) is 32.6 Å². The molecular weight excluding hydrogens is 194 g/mol. The summed E-state index contributed by atoms with van der Waals surface area (Å²) in [5.41, 5.74) is 0. The van der Waals surface area contributed by atoms with Gasteiger partial charge in [0.15, 0.2) is 0 Å². The van der Waals surface area contributed by atoms with Crippen LogP contribution >= 0.6 is 11.8 Å². The predicted molar refractivity (Wildman–Crippen MR) is 64.1 cm³/mol. The van der Waals surface area contributed by atoms with Crippen molar-refractivity contribution in [2.24, 2.45) is 0 Å². The fourth-order valence-electron chi connectivity index (χ4n) is 2.02. The van der Waals surface area contributed by atoms with E-state index in [9.17, 15) is 0 Å². The van der Waals surface area contributed by atoms with Crippen molar-refractivity contribution in [1.29, 1.82) is 0 Å². The lowest BCUT2D eigenvalue weighted by Crippen LogP contribution is -2.26. The van der Waals surface area contributed by atoms with Crippen LogP contribution in [-0.2, 0) is 4.74 Å². The zero-order chi connectivity index (χ0) is 10.2. The van der Waals surface area contributed by atoms with Crippen LogP contribution in [0.15, 0.2) is 0 Å². The van der Waals surface area contributed by atoms with Crippen molar-refractivity contribution in [3.8, 4) is 0 Å². The molecule has 0 aromatic rings. The van der Waals surface area contributed by atoms with Gasteiger partial charge in [0.25, 0.3) is 0 Å². The summed E-state index contributed by atoms with van der Waals surface area (Å²) < 4.78 is 5.04. The highest BCUT2D eigenvalue weighted by Gasteiger charge is 2.23. The molecule has 1 N–H and O–H groups in total. The first-order valence-corrected chi connectivity index (χ1v) is 6.75. The van der Waals surface area contributed by atoms with E-state index in [1.165, 1.54) is 31.4 Å². The number of ether oxygens (including phenoxy) is 1. The summed E-state index contributed by atoms with van der Waals surface area (Å²) >= 11 is 2.13. The smallest absolute Gasteiger partial charge is 0.0470 e. The van der Waals surface area contributed by atoms with Crippen LogP contribution in [0.3, 0.4) is 0 Å². The topological polar surface area (TPSA) is 21.3 Å². The molecule has 0 amide bonds. The Morgan fingerprint density at radius 2 is 2.29 bits per heavy atom. The number of thioether (sulfide) groups is 1. The van der Waals surface area contributed by atoms with Crippen molar-refractivity contribution in [3.05, 3.63) is 0 Å². The molecule has 0 aromatic carbocycles. The van der Waals surface area contributed by atoms with E-state index in [4.69, 9.17) is 4.74 Å². The van der Waals surface area contributed by atoms with E-state index in [0.29, 0.717) is 0 Å². The number of hydrogen-bond donors (Lipinski definition) is 1. The number of nitrogens with one attached hydrogen (secondary N) is 1. The lowest BCUT2D eigenvalue weighted by molar-refractivity contribution is 0.200. The first-order valence-electron chi connectivity index (χ1n) is 5.70. The van der Waals surface area contributed by atoms with Crippen LogP contribution < -0.4 is 5.32 Å². The van der Waals surface area contributed by atoms with Crippen LogP contribution in [0.5, 0.6) is 0 Å². The van der Waals surface area contributed by atoms with Gasteiger partial charge in [-0.25, -0.2) is 0 Å². The van der Waals surface area contributed by atoms with Gasteiger partial charge in [-0.3, -0.25) is 0 Å². The van der Waals surface area contributed by atoms with Gasteiger partial charge in [0.2, 0.25) is 0 Å². The first kappa shape index (κ1) is 12.3. The number of rotatable bonds is 7. The summed E-state index contributed by atoms with van der Waals surface area (Å²) in [6, 6.07) is 0.792. The molecule has 0 aliphatic heterocycles. The molecule has 2 nitrogen and oxygen atoms in total. The third-order valence-corrected chi connectivity index (χ3v) is 4.15. The molecule has 1 rings (SSSR count). The molecule has 0 bridgehead atoms. The quantitative estimate of drug-likeness (QED) is 0.661. The highest BCUT2D eigenvalue weighted by atomic mass is 32.2. The summed E-state index contributed by atoms with van der Waals surface area (Å²) in [5, 5.41) is 4.44. The van der Waals surface area contributed by atoms with E-state index in [1.54, 1.807) is 7.11 Å². The molecule has 0 heterocycles. The van der Waals surface area contributed by atoms with Gasteiger partial charge in [0.05, 0.1) is 0 Å². The minimum absolute atomic E-state index is 0.792. The molecule has 84 valence electrons. The van der Waals surface area contributed by atoms with Gasteiger partial charge >= 0.3 is 0 Å². The summed E-state index contributed by atoms with van der Waals surface area (Å²) in [4.78, 5) is 0. The Morgan fingerprint density at radius 1 is 1.43 bits per heavy atom. The van der Waals surface area contributed by atoms with E-state index in [-0.39, 0.29) is 0 Å². The molecule has 0 spiro atoms. The average molecular weight is 217 g/mol. The van der Waals surface area contributed by atoms with Gasteiger partial charge in [-0.1, -0.05) is 6.92 Å². The Hall–Kier alpha value is 0.270. The lowest BCUT2D eigenvalue weighted by Gasteiger charge is -2.11. The summed E-state index contributed by atoms with van der Waals surface area (Å²) in [6.45, 7) is 4.22. The van der Waals surface area contributed by atoms with Gasteiger partial charge in [-0.15, -0.1) is 0 Å². The third kappa shape index (κ3) is 4.67. The molecule has 1 fully saturated rings. The molecular formula is C11H23NOS. The molecule has 1 aliphatic rings. The minimum Gasteiger partial charge on any atom is -0.385 e. The number of hydrogen-bond acceptors (Lipinski definition) is 3. The molecule has 1 saturated carbocycles. The van der Waals surface area contributed by atoms with Crippen LogP contribution in [0.25, 0.3) is 0 Å². The van der Waals surface area contributed by atoms with Crippen molar-refractivity contribution in [3.63, 3.8) is 0 Å². The van der Waals surface area contributed by atoms with Crippen LogP contribution in [0, 0.1) is 0 Å². The van der Waals surface area contributed by atoms with Gasteiger partial charge in [-0.05, 0) is 38.0 Å². The van der Waals surface area contributed by atoms with Crippen molar-refractivity contribution < 1.29 is 4.74 Å². The lowest BCUT2D eigenvalue weighted by atomic mass is 10.2. The zero-order valence-electron chi connectivity index (χ0n) is 9.42. The maximum atomic E-state index is 5.04. The van der Waals surface area contributed by atoms with E-state index >= 15 is 0 Å². The zero-order valence-corrected chi connectivity index (χ0v) is 10.2. The molecule has 2 unspecified atom stereocenters. The molecule has 2 atom stereocenters. The van der Waals surface area contributed by atoms with Crippen LogP contribution in [0.2, 0.25) is 0 Å². The maximum absolute atomic E-state index is 5.04. The molecule has 0 saturated heterocycles. The Bertz CT molecular complexity index is 143. The second kappa shape index (κ2) is 7.55. The van der Waals surface area contributed by atoms with Gasteiger partial charge in [0.1, 0.15) is 0 Å². The van der Waals surface area contributed by atoms with Crippen molar-refractivity contribution in [1.82, 2.24) is 5.32 Å². The fraction of sp³-hybridized carbons (Fsp3) is 1.00. The molecule has 3 heteroatoms. The second-order valence-corrected chi connectivity index (χ2v) is 5.32. The molecule has 14 heavy (non-hydrogen) atoms. The van der Waals surface area contributed by atoms with Crippen molar-refractivity contribution >= 4 is 11.8 Å². The second-order valence-electron chi connectivity index (χ2n) is 3.91.